The Balaban J connectivity index is 1.69. The van der Waals surface area contributed by atoms with Crippen molar-refractivity contribution in [3.05, 3.63) is 54.2 Å². The minimum atomic E-state index is -1.46. The van der Waals surface area contributed by atoms with Gasteiger partial charge in [0.1, 0.15) is 18.1 Å². The van der Waals surface area contributed by atoms with E-state index in [4.69, 9.17) is 5.73 Å². The lowest BCUT2D eigenvalue weighted by atomic mass is 10.0. The van der Waals surface area contributed by atoms with Crippen LogP contribution in [0.2, 0.25) is 0 Å². The van der Waals surface area contributed by atoms with Gasteiger partial charge in [-0.3, -0.25) is 14.4 Å². The highest BCUT2D eigenvalue weighted by atomic mass is 16.4. The van der Waals surface area contributed by atoms with Gasteiger partial charge >= 0.3 is 5.97 Å². The van der Waals surface area contributed by atoms with Crippen molar-refractivity contribution in [2.45, 2.75) is 43.9 Å². The van der Waals surface area contributed by atoms with Crippen LogP contribution in [-0.2, 0) is 32.0 Å². The number of fused-ring (bicyclic) bond motifs is 1. The number of carbonyl (C=O) groups is 4. The van der Waals surface area contributed by atoms with Crippen molar-refractivity contribution in [1.82, 2.24) is 30.9 Å². The second-order valence-electron chi connectivity index (χ2n) is 8.34. The molecule has 0 saturated carbocycles. The summed E-state index contributed by atoms with van der Waals surface area (Å²) in [4.78, 5) is 59.4. The molecule has 2 aromatic heterocycles. The van der Waals surface area contributed by atoms with Gasteiger partial charge in [-0.05, 0) is 18.6 Å². The van der Waals surface area contributed by atoms with Crippen molar-refractivity contribution >= 4 is 34.6 Å². The molecule has 3 amide bonds. The van der Waals surface area contributed by atoms with Crippen molar-refractivity contribution in [2.75, 3.05) is 6.61 Å². The Bertz CT molecular complexity index is 1210. The van der Waals surface area contributed by atoms with Crippen LogP contribution in [0, 0.1) is 0 Å². The van der Waals surface area contributed by atoms with Gasteiger partial charge in [0.15, 0.2) is 0 Å². The molecule has 0 saturated heterocycles. The number of nitrogens with zero attached hydrogens (tertiary/aromatic N) is 1. The number of para-hydroxylation sites is 1. The smallest absolute Gasteiger partial charge is 0.326 e. The molecule has 3 aromatic rings. The van der Waals surface area contributed by atoms with E-state index in [9.17, 15) is 29.4 Å². The van der Waals surface area contributed by atoms with Gasteiger partial charge in [0, 0.05) is 41.8 Å². The molecule has 0 radical (unpaired) electrons. The number of imidazole rings is 1. The maximum atomic E-state index is 12.9. The largest absolute Gasteiger partial charge is 0.480 e. The normalized spacial score (nSPS) is 14.4. The first-order valence-corrected chi connectivity index (χ1v) is 11.2. The number of aliphatic carboxylic acids is 1. The van der Waals surface area contributed by atoms with Crippen LogP contribution in [-0.4, -0.2) is 79.6 Å². The molecule has 0 fully saturated rings. The molecule has 13 heteroatoms. The summed E-state index contributed by atoms with van der Waals surface area (Å²) in [6.07, 6.45) is 4.53. The Morgan fingerprint density at radius 3 is 2.28 bits per heavy atom. The Kier molecular flexibility index (Phi) is 8.76. The van der Waals surface area contributed by atoms with Gasteiger partial charge in [-0.25, -0.2) is 9.78 Å². The van der Waals surface area contributed by atoms with Crippen LogP contribution in [0.5, 0.6) is 0 Å². The number of carboxylic acids is 1. The number of nitrogens with one attached hydrogen (secondary N) is 5. The molecule has 0 aliphatic rings. The summed E-state index contributed by atoms with van der Waals surface area (Å²) in [5.74, 6) is -3.53. The van der Waals surface area contributed by atoms with E-state index in [-0.39, 0.29) is 12.8 Å². The first-order valence-electron chi connectivity index (χ1n) is 11.2. The molecule has 36 heavy (non-hydrogen) atoms. The molecule has 0 aliphatic carbocycles. The summed E-state index contributed by atoms with van der Waals surface area (Å²) in [6.45, 7) is 0.652. The number of aromatic nitrogens is 3. The molecule has 13 nitrogen and oxygen atoms in total. The van der Waals surface area contributed by atoms with Crippen LogP contribution in [0.15, 0.2) is 43.0 Å². The molecule has 0 spiro atoms. The number of carbonyl (C=O) groups excluding carboxylic acids is 3. The molecule has 4 atom stereocenters. The predicted octanol–water partition coefficient (Wildman–Crippen LogP) is -1.45. The van der Waals surface area contributed by atoms with E-state index in [1.165, 1.54) is 19.4 Å². The Labute approximate surface area is 205 Å². The minimum absolute atomic E-state index is 0.0162. The summed E-state index contributed by atoms with van der Waals surface area (Å²) >= 11 is 0. The maximum absolute atomic E-state index is 12.9. The average molecular weight is 500 g/mol. The topological polar surface area (TPSA) is 215 Å². The number of aromatic amines is 2. The minimum Gasteiger partial charge on any atom is -0.480 e. The van der Waals surface area contributed by atoms with Crippen LogP contribution in [0.25, 0.3) is 10.9 Å². The lowest BCUT2D eigenvalue weighted by Gasteiger charge is -2.23. The highest BCUT2D eigenvalue weighted by molar-refractivity contribution is 5.94. The van der Waals surface area contributed by atoms with Crippen LogP contribution in [0.4, 0.5) is 0 Å². The van der Waals surface area contributed by atoms with Crippen LogP contribution < -0.4 is 21.7 Å². The maximum Gasteiger partial charge on any atom is 0.326 e. The molecule has 9 N–H and O–H groups in total. The second kappa shape index (κ2) is 12.0. The fourth-order valence-electron chi connectivity index (χ4n) is 3.59. The van der Waals surface area contributed by atoms with Crippen molar-refractivity contribution in [2.24, 2.45) is 5.73 Å². The third-order valence-corrected chi connectivity index (χ3v) is 5.55. The lowest BCUT2D eigenvalue weighted by molar-refractivity contribution is -0.142. The average Bonchev–Trinajstić information content (AvgIpc) is 3.51. The molecule has 4 unspecified atom stereocenters. The Hall–Kier alpha value is -4.23. The molecule has 1 aromatic carbocycles. The zero-order valence-electron chi connectivity index (χ0n) is 19.5. The van der Waals surface area contributed by atoms with E-state index < -0.39 is 54.5 Å². The van der Waals surface area contributed by atoms with Crippen molar-refractivity contribution < 1.29 is 29.4 Å². The summed E-state index contributed by atoms with van der Waals surface area (Å²) < 4.78 is 0. The van der Waals surface area contributed by atoms with Crippen LogP contribution in [0.1, 0.15) is 18.2 Å². The Morgan fingerprint density at radius 1 is 0.972 bits per heavy atom. The molecule has 192 valence electrons. The highest BCUT2D eigenvalue weighted by Crippen LogP contribution is 2.19. The third-order valence-electron chi connectivity index (χ3n) is 5.55. The summed E-state index contributed by atoms with van der Waals surface area (Å²) in [7, 11) is 0. The fourth-order valence-corrected chi connectivity index (χ4v) is 3.59. The van der Waals surface area contributed by atoms with Crippen molar-refractivity contribution in [1.29, 1.82) is 0 Å². The van der Waals surface area contributed by atoms with Gasteiger partial charge in [0.05, 0.1) is 19.0 Å². The van der Waals surface area contributed by atoms with Gasteiger partial charge in [0.25, 0.3) is 0 Å². The number of rotatable bonds is 12. The molecule has 3 rings (SSSR count). The fraction of sp³-hybridized carbons (Fsp3) is 0.348. The molecule has 0 aliphatic heterocycles. The zero-order valence-corrected chi connectivity index (χ0v) is 19.5. The number of aliphatic hydroxyl groups excluding tert-OH is 1. The van der Waals surface area contributed by atoms with Gasteiger partial charge in [-0.15, -0.1) is 0 Å². The second-order valence-corrected chi connectivity index (χ2v) is 8.34. The molecular weight excluding hydrogens is 470 g/mol. The summed E-state index contributed by atoms with van der Waals surface area (Å²) in [5, 5.41) is 27.5. The quantitative estimate of drug-likeness (QED) is 0.147. The van der Waals surface area contributed by atoms with E-state index in [0.717, 1.165) is 10.9 Å². The first kappa shape index (κ1) is 26.4. The van der Waals surface area contributed by atoms with E-state index in [2.05, 4.69) is 30.9 Å². The number of H-pyrrole nitrogens is 2. The molecule has 0 bridgehead atoms. The number of benzene rings is 1. The predicted molar refractivity (Wildman–Crippen MR) is 128 cm³/mol. The molecular formula is C23H29N7O6. The van der Waals surface area contributed by atoms with E-state index in [0.29, 0.717) is 11.3 Å². The number of aliphatic hydroxyl groups is 1. The van der Waals surface area contributed by atoms with E-state index >= 15 is 0 Å². The van der Waals surface area contributed by atoms with Crippen molar-refractivity contribution in [3.8, 4) is 0 Å². The SMILES string of the molecule is CC(N)C(=O)NC(Cc1cnc[nH]1)C(=O)NC(CO)C(=O)NC(Cc1c[nH]c2ccccc12)C(=O)O. The van der Waals surface area contributed by atoms with E-state index in [1.54, 1.807) is 6.20 Å². The van der Waals surface area contributed by atoms with E-state index in [1.807, 2.05) is 24.3 Å². The van der Waals surface area contributed by atoms with Gasteiger partial charge < -0.3 is 41.9 Å². The monoisotopic (exact) mass is 499 g/mol. The van der Waals surface area contributed by atoms with Gasteiger partial charge in [-0.2, -0.15) is 0 Å². The van der Waals surface area contributed by atoms with Gasteiger partial charge in [0.2, 0.25) is 17.7 Å². The Morgan fingerprint density at radius 2 is 1.64 bits per heavy atom. The zero-order chi connectivity index (χ0) is 26.2. The number of carboxylic acid groups (broad SMARTS) is 1. The number of amides is 3. The van der Waals surface area contributed by atoms with Gasteiger partial charge in [-0.1, -0.05) is 18.2 Å². The van der Waals surface area contributed by atoms with Crippen LogP contribution >= 0.6 is 0 Å². The highest BCUT2D eigenvalue weighted by Gasteiger charge is 2.30. The molecule has 2 heterocycles. The standard InChI is InChI=1S/C23H29N7O6/c1-12(24)20(32)28-17(7-14-9-25-11-27-14)21(33)30-19(10-31)22(34)29-18(23(35)36)6-13-8-26-16-5-3-2-4-15(13)16/h2-5,8-9,11-12,17-19,26,31H,6-7,10,24H2,1H3,(H,25,27)(H,28,32)(H,29,34)(H,30,33)(H,35,36). The van der Waals surface area contributed by atoms with Crippen molar-refractivity contribution in [3.63, 3.8) is 0 Å². The number of nitrogens with two attached hydrogens (primary N) is 1. The summed E-state index contributed by atoms with van der Waals surface area (Å²) in [6, 6.07) is 2.52. The lowest BCUT2D eigenvalue weighted by Crippen LogP contribution is -2.58. The third kappa shape index (κ3) is 6.67. The number of hydrogen-bond acceptors (Lipinski definition) is 7. The number of hydrogen-bond donors (Lipinski definition) is 8. The first-order chi connectivity index (χ1) is 17.2. The van der Waals surface area contributed by atoms with Crippen LogP contribution in [0.3, 0.4) is 0 Å². The summed E-state index contributed by atoms with van der Waals surface area (Å²) in [5.41, 5.74) is 7.62.